The summed E-state index contributed by atoms with van der Waals surface area (Å²) in [5.41, 5.74) is 1.41. The van der Waals surface area contributed by atoms with E-state index in [1.165, 1.54) is 5.56 Å². The summed E-state index contributed by atoms with van der Waals surface area (Å²) in [6.07, 6.45) is 0.294. The van der Waals surface area contributed by atoms with Crippen LogP contribution in [0.4, 0.5) is 0 Å². The van der Waals surface area contributed by atoms with Gasteiger partial charge in [0, 0.05) is 5.88 Å². The van der Waals surface area contributed by atoms with Crippen LogP contribution in [0.25, 0.3) is 0 Å². The largest absolute Gasteiger partial charge is 0.392 e. The first kappa shape index (κ1) is 13.5. The van der Waals surface area contributed by atoms with Crippen molar-refractivity contribution in [3.63, 3.8) is 0 Å². The zero-order valence-electron chi connectivity index (χ0n) is 10.3. The van der Waals surface area contributed by atoms with Crippen molar-refractivity contribution in [3.8, 4) is 0 Å². The molecule has 1 aromatic carbocycles. The van der Waals surface area contributed by atoms with Crippen LogP contribution in [0, 0.1) is 5.41 Å². The average molecular weight is 241 g/mol. The highest BCUT2D eigenvalue weighted by Crippen LogP contribution is 2.38. The maximum atomic E-state index is 9.72. The third-order valence-corrected chi connectivity index (χ3v) is 3.29. The van der Waals surface area contributed by atoms with Crippen molar-refractivity contribution >= 4 is 11.6 Å². The molecule has 0 aliphatic heterocycles. The van der Waals surface area contributed by atoms with Gasteiger partial charge in [-0.3, -0.25) is 0 Å². The Kier molecular flexibility index (Phi) is 4.82. The van der Waals surface area contributed by atoms with Gasteiger partial charge < -0.3 is 5.11 Å². The Labute approximate surface area is 103 Å². The molecule has 0 spiro atoms. The molecule has 2 atom stereocenters. The molecule has 0 aliphatic rings. The molecule has 0 aliphatic carbocycles. The molecule has 2 unspecified atom stereocenters. The number of alkyl halides is 1. The predicted molar refractivity (Wildman–Crippen MR) is 70.0 cm³/mol. The molecule has 0 aromatic heterocycles. The summed E-state index contributed by atoms with van der Waals surface area (Å²) < 4.78 is 0. The summed E-state index contributed by atoms with van der Waals surface area (Å²) in [5.74, 6) is 0.641. The van der Waals surface area contributed by atoms with Crippen LogP contribution < -0.4 is 0 Å². The Morgan fingerprint density at radius 2 is 1.75 bits per heavy atom. The molecule has 1 aromatic rings. The first-order valence-electron chi connectivity index (χ1n) is 5.74. The van der Waals surface area contributed by atoms with E-state index in [1.54, 1.807) is 0 Å². The van der Waals surface area contributed by atoms with Crippen LogP contribution in [-0.2, 0) is 0 Å². The Morgan fingerprint density at radius 3 is 2.19 bits per heavy atom. The summed E-state index contributed by atoms with van der Waals surface area (Å²) >= 11 is 5.68. The van der Waals surface area contributed by atoms with Crippen molar-refractivity contribution in [1.82, 2.24) is 0 Å². The molecule has 16 heavy (non-hydrogen) atoms. The van der Waals surface area contributed by atoms with Gasteiger partial charge >= 0.3 is 0 Å². The van der Waals surface area contributed by atoms with Crippen LogP contribution in [0.3, 0.4) is 0 Å². The molecule has 0 bridgehead atoms. The molecule has 2 heteroatoms. The maximum absolute atomic E-state index is 9.72. The fourth-order valence-corrected chi connectivity index (χ4v) is 2.14. The number of aliphatic hydroxyl groups excluding tert-OH is 1. The lowest BCUT2D eigenvalue weighted by atomic mass is 9.74. The van der Waals surface area contributed by atoms with Crippen molar-refractivity contribution in [1.29, 1.82) is 0 Å². The molecule has 0 fully saturated rings. The summed E-state index contributed by atoms with van der Waals surface area (Å²) in [6, 6.07) is 10.3. The molecule has 1 rings (SSSR count). The fourth-order valence-electron chi connectivity index (χ4n) is 2.01. The Bertz CT molecular complexity index is 302. The zero-order chi connectivity index (χ0) is 12.2. The summed E-state index contributed by atoms with van der Waals surface area (Å²) in [6.45, 7) is 6.60. The van der Waals surface area contributed by atoms with E-state index in [9.17, 15) is 5.11 Å². The van der Waals surface area contributed by atoms with Gasteiger partial charge in [0.2, 0.25) is 0 Å². The predicted octanol–water partition coefficient (Wildman–Crippen LogP) is 3.81. The van der Waals surface area contributed by atoms with E-state index >= 15 is 0 Å². The standard InChI is InChI=1S/C14H21ClO/c1-14(2,3)13(9-12(16)10-15)11-7-5-4-6-8-11/h4-8,12-13,16H,9-10H2,1-3H3. The number of hydrogen-bond acceptors (Lipinski definition) is 1. The molecule has 0 saturated carbocycles. The molecular formula is C14H21ClO. The van der Waals surface area contributed by atoms with Crippen LogP contribution in [-0.4, -0.2) is 17.1 Å². The average Bonchev–Trinajstić information content (AvgIpc) is 2.25. The van der Waals surface area contributed by atoms with E-state index in [0.717, 1.165) is 6.42 Å². The van der Waals surface area contributed by atoms with Gasteiger partial charge in [0.1, 0.15) is 0 Å². The second-order valence-electron chi connectivity index (χ2n) is 5.37. The zero-order valence-corrected chi connectivity index (χ0v) is 11.0. The molecule has 0 heterocycles. The number of benzene rings is 1. The van der Waals surface area contributed by atoms with Crippen LogP contribution in [0.15, 0.2) is 30.3 Å². The highest BCUT2D eigenvalue weighted by atomic mass is 35.5. The lowest BCUT2D eigenvalue weighted by Gasteiger charge is -2.32. The van der Waals surface area contributed by atoms with E-state index in [4.69, 9.17) is 11.6 Å². The van der Waals surface area contributed by atoms with Crippen molar-refractivity contribution < 1.29 is 5.11 Å². The van der Waals surface area contributed by atoms with E-state index in [0.29, 0.717) is 11.8 Å². The first-order chi connectivity index (χ1) is 7.45. The van der Waals surface area contributed by atoms with Gasteiger partial charge in [-0.15, -0.1) is 11.6 Å². The minimum absolute atomic E-state index is 0.133. The van der Waals surface area contributed by atoms with Crippen LogP contribution in [0.2, 0.25) is 0 Å². The third kappa shape index (κ3) is 3.80. The first-order valence-corrected chi connectivity index (χ1v) is 6.27. The van der Waals surface area contributed by atoms with Crippen molar-refractivity contribution in [3.05, 3.63) is 35.9 Å². The quantitative estimate of drug-likeness (QED) is 0.794. The number of aliphatic hydroxyl groups is 1. The molecule has 1 nitrogen and oxygen atoms in total. The van der Waals surface area contributed by atoms with E-state index in [-0.39, 0.29) is 5.41 Å². The minimum atomic E-state index is -0.425. The summed E-state index contributed by atoms with van der Waals surface area (Å²) in [5, 5.41) is 9.72. The second-order valence-corrected chi connectivity index (χ2v) is 5.68. The molecule has 0 saturated heterocycles. The Balaban J connectivity index is 2.89. The third-order valence-electron chi connectivity index (χ3n) is 2.93. The minimum Gasteiger partial charge on any atom is -0.392 e. The van der Waals surface area contributed by atoms with Crippen LogP contribution in [0.1, 0.15) is 38.7 Å². The van der Waals surface area contributed by atoms with Gasteiger partial charge in [-0.2, -0.15) is 0 Å². The van der Waals surface area contributed by atoms with Gasteiger partial charge in [-0.1, -0.05) is 51.1 Å². The topological polar surface area (TPSA) is 20.2 Å². The van der Waals surface area contributed by atoms with Gasteiger partial charge in [0.15, 0.2) is 0 Å². The normalized spacial score (nSPS) is 15.8. The number of rotatable bonds is 4. The van der Waals surface area contributed by atoms with E-state index < -0.39 is 6.10 Å². The van der Waals surface area contributed by atoms with Crippen LogP contribution >= 0.6 is 11.6 Å². The highest BCUT2D eigenvalue weighted by Gasteiger charge is 2.27. The number of hydrogen-bond donors (Lipinski definition) is 1. The van der Waals surface area contributed by atoms with Gasteiger partial charge in [0.25, 0.3) is 0 Å². The van der Waals surface area contributed by atoms with Crippen molar-refractivity contribution in [2.45, 2.75) is 39.2 Å². The van der Waals surface area contributed by atoms with E-state index in [2.05, 4.69) is 32.9 Å². The maximum Gasteiger partial charge on any atom is 0.0681 e. The summed E-state index contributed by atoms with van der Waals surface area (Å²) in [4.78, 5) is 0. The van der Waals surface area contributed by atoms with Crippen molar-refractivity contribution in [2.24, 2.45) is 5.41 Å². The second kappa shape index (κ2) is 5.70. The molecular weight excluding hydrogens is 220 g/mol. The number of halogens is 1. The fraction of sp³-hybridized carbons (Fsp3) is 0.571. The molecule has 90 valence electrons. The highest BCUT2D eigenvalue weighted by molar-refractivity contribution is 6.18. The summed E-state index contributed by atoms with van der Waals surface area (Å²) in [7, 11) is 0. The van der Waals surface area contributed by atoms with Gasteiger partial charge in [0.05, 0.1) is 6.10 Å². The van der Waals surface area contributed by atoms with Gasteiger partial charge in [-0.05, 0) is 23.3 Å². The van der Waals surface area contributed by atoms with E-state index in [1.807, 2.05) is 18.2 Å². The van der Waals surface area contributed by atoms with Crippen LogP contribution in [0.5, 0.6) is 0 Å². The Morgan fingerprint density at radius 1 is 1.19 bits per heavy atom. The lowest BCUT2D eigenvalue weighted by Crippen LogP contribution is -2.24. The van der Waals surface area contributed by atoms with Gasteiger partial charge in [-0.25, -0.2) is 0 Å². The molecule has 1 N–H and O–H groups in total. The smallest absolute Gasteiger partial charge is 0.0681 e. The SMILES string of the molecule is CC(C)(C)C(CC(O)CCl)c1ccccc1. The lowest BCUT2D eigenvalue weighted by molar-refractivity contribution is 0.149. The monoisotopic (exact) mass is 240 g/mol. The molecule has 0 amide bonds. The Hall–Kier alpha value is -0.530. The molecule has 0 radical (unpaired) electrons. The van der Waals surface area contributed by atoms with Crippen molar-refractivity contribution in [2.75, 3.05) is 5.88 Å².